The number of benzene rings is 1. The molecule has 1 aliphatic heterocycles. The average Bonchev–Trinajstić information content (AvgIpc) is 2.90. The molecule has 4 heteroatoms. The van der Waals surface area contributed by atoms with Crippen LogP contribution in [0.25, 0.3) is 0 Å². The number of hydrogen-bond acceptors (Lipinski definition) is 2. The fourth-order valence-corrected chi connectivity index (χ4v) is 5.33. The average molecular weight is 425 g/mol. The van der Waals surface area contributed by atoms with Gasteiger partial charge >= 0.3 is 0 Å². The summed E-state index contributed by atoms with van der Waals surface area (Å²) in [5.41, 5.74) is 3.50. The summed E-state index contributed by atoms with van der Waals surface area (Å²) in [6.45, 7) is 4.46. The molecule has 1 heterocycles. The molecular weight excluding hydrogens is 398 g/mol. The van der Waals surface area contributed by atoms with Crippen molar-refractivity contribution in [2.75, 3.05) is 0 Å². The van der Waals surface area contributed by atoms with Crippen LogP contribution in [-0.2, 0) is 4.74 Å². The standard InChI is InChI=1S/C21H27BrClNO/c1-3-8-17-18-12-5-6-13-21(18,19(22)9-4-2)25-20(17)24-16-11-7-10-15(23)14-16/h7,10-11,14,19H,3-6,8-9,12-13H2,1-2H3. The van der Waals surface area contributed by atoms with Crippen LogP contribution in [0.5, 0.6) is 0 Å². The maximum atomic E-state index is 6.66. The number of nitrogens with zero attached hydrogens (tertiary/aromatic N) is 1. The molecule has 25 heavy (non-hydrogen) atoms. The number of fused-ring (bicyclic) bond motifs is 1. The molecule has 0 aromatic heterocycles. The quantitative estimate of drug-likeness (QED) is 0.437. The van der Waals surface area contributed by atoms with E-state index in [4.69, 9.17) is 21.3 Å². The molecule has 1 aromatic carbocycles. The molecule has 2 aliphatic rings. The van der Waals surface area contributed by atoms with Crippen molar-refractivity contribution in [3.8, 4) is 0 Å². The first-order valence-corrected chi connectivity index (χ1v) is 10.8. The highest BCUT2D eigenvalue weighted by Crippen LogP contribution is 2.50. The van der Waals surface area contributed by atoms with Crippen LogP contribution < -0.4 is 0 Å². The molecule has 1 fully saturated rings. The van der Waals surface area contributed by atoms with E-state index in [9.17, 15) is 0 Å². The zero-order chi connectivity index (χ0) is 17.9. The van der Waals surface area contributed by atoms with E-state index >= 15 is 0 Å². The molecule has 2 atom stereocenters. The Morgan fingerprint density at radius 2 is 2.12 bits per heavy atom. The number of hydrogen-bond donors (Lipinski definition) is 0. The molecule has 1 aromatic rings. The Hall–Kier alpha value is -0.800. The zero-order valence-corrected chi connectivity index (χ0v) is 17.5. The van der Waals surface area contributed by atoms with Crippen LogP contribution in [0.3, 0.4) is 0 Å². The molecule has 1 aliphatic carbocycles. The van der Waals surface area contributed by atoms with E-state index in [2.05, 4.69) is 29.8 Å². The van der Waals surface area contributed by atoms with E-state index in [0.717, 1.165) is 50.1 Å². The summed E-state index contributed by atoms with van der Waals surface area (Å²) in [6, 6.07) is 7.71. The van der Waals surface area contributed by atoms with E-state index in [-0.39, 0.29) is 5.60 Å². The van der Waals surface area contributed by atoms with Crippen molar-refractivity contribution in [1.82, 2.24) is 0 Å². The topological polar surface area (TPSA) is 21.6 Å². The molecule has 136 valence electrons. The van der Waals surface area contributed by atoms with Gasteiger partial charge in [-0.25, -0.2) is 4.99 Å². The third kappa shape index (κ3) is 3.83. The number of rotatable bonds is 6. The third-order valence-corrected chi connectivity index (χ3v) is 6.66. The number of ether oxygens (including phenoxy) is 1. The Kier molecular flexibility index (Phi) is 6.27. The minimum Gasteiger partial charge on any atom is -0.465 e. The van der Waals surface area contributed by atoms with Gasteiger partial charge in [0.1, 0.15) is 5.60 Å². The van der Waals surface area contributed by atoms with Gasteiger partial charge < -0.3 is 4.74 Å². The Balaban J connectivity index is 2.04. The first kappa shape index (κ1) is 19.0. The highest BCUT2D eigenvalue weighted by Gasteiger charge is 2.51. The van der Waals surface area contributed by atoms with Crippen molar-refractivity contribution in [3.05, 3.63) is 40.4 Å². The zero-order valence-electron chi connectivity index (χ0n) is 15.2. The van der Waals surface area contributed by atoms with E-state index in [1.165, 1.54) is 24.0 Å². The van der Waals surface area contributed by atoms with Crippen LogP contribution in [0.1, 0.15) is 65.2 Å². The predicted octanol–water partition coefficient (Wildman–Crippen LogP) is 7.37. The van der Waals surface area contributed by atoms with Gasteiger partial charge in [0.15, 0.2) is 0 Å². The maximum Gasteiger partial charge on any atom is 0.218 e. The van der Waals surface area contributed by atoms with E-state index < -0.39 is 0 Å². The lowest BCUT2D eigenvalue weighted by atomic mass is 9.76. The number of halogens is 2. The number of aliphatic imine (C=N–C) groups is 1. The third-order valence-electron chi connectivity index (χ3n) is 5.22. The van der Waals surface area contributed by atoms with Gasteiger partial charge in [-0.2, -0.15) is 0 Å². The van der Waals surface area contributed by atoms with Crippen LogP contribution in [0.2, 0.25) is 5.02 Å². The second-order valence-electron chi connectivity index (χ2n) is 7.06. The largest absolute Gasteiger partial charge is 0.465 e. The molecular formula is C21H27BrClNO. The van der Waals surface area contributed by atoms with Crippen molar-refractivity contribution in [3.63, 3.8) is 0 Å². The monoisotopic (exact) mass is 423 g/mol. The highest BCUT2D eigenvalue weighted by atomic mass is 79.9. The summed E-state index contributed by atoms with van der Waals surface area (Å²) in [6.07, 6.45) is 9.10. The molecule has 0 spiro atoms. The van der Waals surface area contributed by atoms with Gasteiger partial charge in [-0.15, -0.1) is 0 Å². The molecule has 0 saturated heterocycles. The molecule has 0 N–H and O–H groups in total. The van der Waals surface area contributed by atoms with Crippen molar-refractivity contribution >= 4 is 39.1 Å². The summed E-state index contributed by atoms with van der Waals surface area (Å²) in [5, 5.41) is 0.709. The molecule has 2 nitrogen and oxygen atoms in total. The van der Waals surface area contributed by atoms with Crippen LogP contribution >= 0.6 is 27.5 Å². The van der Waals surface area contributed by atoms with Gasteiger partial charge in [-0.1, -0.05) is 60.3 Å². The molecule has 2 unspecified atom stereocenters. The molecule has 0 bridgehead atoms. The summed E-state index contributed by atoms with van der Waals surface area (Å²) in [7, 11) is 0. The summed E-state index contributed by atoms with van der Waals surface area (Å²) in [5.74, 6) is 0.821. The van der Waals surface area contributed by atoms with Crippen molar-refractivity contribution < 1.29 is 4.74 Å². The summed E-state index contributed by atoms with van der Waals surface area (Å²) in [4.78, 5) is 5.21. The fraction of sp³-hybridized carbons (Fsp3) is 0.571. The molecule has 0 radical (unpaired) electrons. The first-order valence-electron chi connectivity index (χ1n) is 9.51. The van der Waals surface area contributed by atoms with Crippen molar-refractivity contribution in [1.29, 1.82) is 0 Å². The first-order chi connectivity index (χ1) is 12.1. The SMILES string of the molecule is CCCC1=C2CCCCC2(C(Br)CCC)OC1=Nc1cccc(Cl)c1. The second-order valence-corrected chi connectivity index (χ2v) is 8.60. The van der Waals surface area contributed by atoms with Gasteiger partial charge in [-0.05, 0) is 62.3 Å². The predicted molar refractivity (Wildman–Crippen MR) is 110 cm³/mol. The van der Waals surface area contributed by atoms with Crippen LogP contribution in [0, 0.1) is 0 Å². The molecule has 1 saturated carbocycles. The van der Waals surface area contributed by atoms with E-state index in [1.54, 1.807) is 0 Å². The molecule has 0 amide bonds. The summed E-state index contributed by atoms with van der Waals surface area (Å²) >= 11 is 10.1. The smallest absolute Gasteiger partial charge is 0.218 e. The minimum absolute atomic E-state index is 0.198. The Labute approximate surface area is 164 Å². The highest BCUT2D eigenvalue weighted by molar-refractivity contribution is 9.09. The minimum atomic E-state index is -0.198. The van der Waals surface area contributed by atoms with Gasteiger partial charge in [-0.3, -0.25) is 0 Å². The van der Waals surface area contributed by atoms with Gasteiger partial charge in [0.05, 0.1) is 10.5 Å². The number of alkyl halides is 1. The van der Waals surface area contributed by atoms with Crippen molar-refractivity contribution in [2.45, 2.75) is 75.6 Å². The Bertz CT molecular complexity index is 684. The van der Waals surface area contributed by atoms with Gasteiger partial charge in [0, 0.05) is 10.6 Å². The van der Waals surface area contributed by atoms with Gasteiger partial charge in [0.2, 0.25) is 5.90 Å². The van der Waals surface area contributed by atoms with Crippen LogP contribution in [-0.4, -0.2) is 16.3 Å². The maximum absolute atomic E-state index is 6.66. The Morgan fingerprint density at radius 3 is 2.84 bits per heavy atom. The lowest BCUT2D eigenvalue weighted by molar-refractivity contribution is 0.0767. The fourth-order valence-electron chi connectivity index (χ4n) is 4.09. The lowest BCUT2D eigenvalue weighted by Gasteiger charge is -2.39. The van der Waals surface area contributed by atoms with Gasteiger partial charge in [0.25, 0.3) is 0 Å². The lowest BCUT2D eigenvalue weighted by Crippen LogP contribution is -2.43. The summed E-state index contributed by atoms with van der Waals surface area (Å²) < 4.78 is 6.66. The van der Waals surface area contributed by atoms with E-state index in [0.29, 0.717) is 9.85 Å². The van der Waals surface area contributed by atoms with Crippen LogP contribution in [0.15, 0.2) is 40.4 Å². The second kappa shape index (κ2) is 8.26. The normalized spacial score (nSPS) is 25.8. The Morgan fingerprint density at radius 1 is 1.28 bits per heavy atom. The molecule has 3 rings (SSSR count). The van der Waals surface area contributed by atoms with E-state index in [1.807, 2.05) is 24.3 Å². The van der Waals surface area contributed by atoms with Crippen LogP contribution in [0.4, 0.5) is 5.69 Å². The van der Waals surface area contributed by atoms with Crippen molar-refractivity contribution in [2.24, 2.45) is 4.99 Å².